The Labute approximate surface area is 103 Å². The van der Waals surface area contributed by atoms with E-state index >= 15 is 0 Å². The zero-order valence-electron chi connectivity index (χ0n) is 7.26. The molecule has 0 fully saturated rings. The molecule has 0 amide bonds. The van der Waals surface area contributed by atoms with Gasteiger partial charge >= 0.3 is 0 Å². The van der Waals surface area contributed by atoms with Crippen molar-refractivity contribution in [2.24, 2.45) is 0 Å². The molecule has 1 aromatic heterocycles. The number of hydrogen-bond acceptors (Lipinski definition) is 3. The van der Waals surface area contributed by atoms with Gasteiger partial charge in [0.1, 0.15) is 12.1 Å². The fraction of sp³-hybridized carbons (Fsp3) is 0.333. The maximum absolute atomic E-state index is 11.3. The summed E-state index contributed by atoms with van der Waals surface area (Å²) in [6.07, 6.45) is 1.83. The molecule has 1 heterocycles. The van der Waals surface area contributed by atoms with Crippen LogP contribution in [0.1, 0.15) is 18.4 Å². The van der Waals surface area contributed by atoms with Gasteiger partial charge in [0.2, 0.25) is 0 Å². The molecule has 0 radical (unpaired) electrons. The lowest BCUT2D eigenvalue weighted by Crippen LogP contribution is -2.02. The highest BCUT2D eigenvalue weighted by atomic mass is 79.9. The standard InChI is InChI=1S/C9H8Br2O2S/c10-8-5-6(9(11)14-8)4-7(13)2-1-3-12/h3,5H,1-2,4H2. The number of thiophene rings is 1. The Hall–Kier alpha value is -0.000000000000000111. The van der Waals surface area contributed by atoms with Crippen molar-refractivity contribution in [1.29, 1.82) is 0 Å². The van der Waals surface area contributed by atoms with Crippen LogP contribution in [0, 0.1) is 0 Å². The van der Waals surface area contributed by atoms with Gasteiger partial charge < -0.3 is 4.79 Å². The van der Waals surface area contributed by atoms with Crippen LogP contribution >= 0.6 is 43.2 Å². The molecule has 0 saturated heterocycles. The van der Waals surface area contributed by atoms with E-state index in [1.165, 1.54) is 0 Å². The third-order valence-corrected chi connectivity index (χ3v) is 4.12. The summed E-state index contributed by atoms with van der Waals surface area (Å²) >= 11 is 8.27. The Bertz CT molecular complexity index is 347. The topological polar surface area (TPSA) is 34.1 Å². The van der Waals surface area contributed by atoms with E-state index in [9.17, 15) is 9.59 Å². The second-order valence-electron chi connectivity index (χ2n) is 2.77. The Morgan fingerprint density at radius 2 is 2.21 bits per heavy atom. The van der Waals surface area contributed by atoms with Gasteiger partial charge in [0.05, 0.1) is 7.57 Å². The van der Waals surface area contributed by atoms with Crippen molar-refractivity contribution in [2.45, 2.75) is 19.3 Å². The molecule has 0 spiro atoms. The van der Waals surface area contributed by atoms with Crippen LogP contribution in [0.2, 0.25) is 0 Å². The lowest BCUT2D eigenvalue weighted by atomic mass is 10.1. The van der Waals surface area contributed by atoms with Crippen molar-refractivity contribution in [1.82, 2.24) is 0 Å². The van der Waals surface area contributed by atoms with Crippen molar-refractivity contribution in [3.63, 3.8) is 0 Å². The predicted molar refractivity (Wildman–Crippen MR) is 63.7 cm³/mol. The highest BCUT2D eigenvalue weighted by Crippen LogP contribution is 2.32. The normalized spacial score (nSPS) is 10.1. The molecule has 0 atom stereocenters. The van der Waals surface area contributed by atoms with Gasteiger partial charge in [-0.25, -0.2) is 0 Å². The third-order valence-electron chi connectivity index (χ3n) is 1.66. The van der Waals surface area contributed by atoms with Gasteiger partial charge in [0.25, 0.3) is 0 Å². The number of carbonyl (C=O) groups is 2. The van der Waals surface area contributed by atoms with Gasteiger partial charge in [-0.05, 0) is 43.5 Å². The second kappa shape index (κ2) is 5.78. The molecule has 0 unspecified atom stereocenters. The molecular formula is C9H8Br2O2S. The van der Waals surface area contributed by atoms with Crippen LogP contribution in [0.4, 0.5) is 0 Å². The van der Waals surface area contributed by atoms with Crippen LogP contribution in [0.3, 0.4) is 0 Å². The van der Waals surface area contributed by atoms with Crippen LogP contribution in [0.25, 0.3) is 0 Å². The molecule has 0 bridgehead atoms. The van der Waals surface area contributed by atoms with Crippen LogP contribution in [-0.2, 0) is 16.0 Å². The van der Waals surface area contributed by atoms with E-state index in [1.54, 1.807) is 11.3 Å². The lowest BCUT2D eigenvalue weighted by molar-refractivity contribution is -0.120. The first kappa shape index (κ1) is 12.1. The fourth-order valence-electron chi connectivity index (χ4n) is 1.02. The van der Waals surface area contributed by atoms with Crippen molar-refractivity contribution in [3.8, 4) is 0 Å². The summed E-state index contributed by atoms with van der Waals surface area (Å²) in [4.78, 5) is 21.4. The number of halogens is 2. The number of Topliss-reactive ketones (excluding diaryl/α,β-unsaturated/α-hetero) is 1. The van der Waals surface area contributed by atoms with Gasteiger partial charge in [-0.15, -0.1) is 11.3 Å². The Morgan fingerprint density at radius 3 is 2.71 bits per heavy atom. The first-order valence-corrected chi connectivity index (χ1v) is 6.42. The molecule has 1 rings (SSSR count). The molecule has 76 valence electrons. The van der Waals surface area contributed by atoms with Crippen molar-refractivity contribution in [2.75, 3.05) is 0 Å². The molecule has 14 heavy (non-hydrogen) atoms. The molecule has 2 nitrogen and oxygen atoms in total. The molecule has 0 aromatic carbocycles. The van der Waals surface area contributed by atoms with Crippen LogP contribution in [0.15, 0.2) is 13.6 Å². The van der Waals surface area contributed by atoms with Gasteiger partial charge in [-0.3, -0.25) is 4.79 Å². The first-order chi connectivity index (χ1) is 6.63. The molecular weight excluding hydrogens is 332 g/mol. The predicted octanol–water partition coefficient (Wildman–Crippen LogP) is 3.36. The molecule has 0 N–H and O–H groups in total. The summed E-state index contributed by atoms with van der Waals surface area (Å²) in [5.74, 6) is 0.100. The van der Waals surface area contributed by atoms with Crippen LogP contribution in [-0.4, -0.2) is 12.1 Å². The fourth-order valence-corrected chi connectivity index (χ4v) is 3.84. The van der Waals surface area contributed by atoms with E-state index in [-0.39, 0.29) is 5.78 Å². The first-order valence-electron chi connectivity index (χ1n) is 4.02. The minimum absolute atomic E-state index is 0.100. The summed E-state index contributed by atoms with van der Waals surface area (Å²) in [6, 6.07) is 1.92. The van der Waals surface area contributed by atoms with Gasteiger partial charge in [-0.2, -0.15) is 0 Å². The van der Waals surface area contributed by atoms with E-state index in [4.69, 9.17) is 0 Å². The van der Waals surface area contributed by atoms with E-state index in [0.29, 0.717) is 19.3 Å². The minimum atomic E-state index is 0.100. The summed E-state index contributed by atoms with van der Waals surface area (Å²) in [6.45, 7) is 0. The average molecular weight is 340 g/mol. The second-order valence-corrected chi connectivity index (χ2v) is 6.52. The van der Waals surface area contributed by atoms with Gasteiger partial charge in [0, 0.05) is 19.3 Å². The third kappa shape index (κ3) is 3.63. The zero-order chi connectivity index (χ0) is 10.6. The Balaban J connectivity index is 2.55. The zero-order valence-corrected chi connectivity index (χ0v) is 11.2. The van der Waals surface area contributed by atoms with Crippen molar-refractivity contribution >= 4 is 55.3 Å². The van der Waals surface area contributed by atoms with Gasteiger partial charge in [-0.1, -0.05) is 0 Å². The Morgan fingerprint density at radius 1 is 1.50 bits per heavy atom. The highest BCUT2D eigenvalue weighted by Gasteiger charge is 2.09. The quantitative estimate of drug-likeness (QED) is 0.771. The SMILES string of the molecule is O=CCCC(=O)Cc1cc(Br)sc1Br. The summed E-state index contributed by atoms with van der Waals surface area (Å²) in [5, 5.41) is 0. The molecule has 0 saturated carbocycles. The summed E-state index contributed by atoms with van der Waals surface area (Å²) in [5.41, 5.74) is 0.984. The molecule has 1 aromatic rings. The van der Waals surface area contributed by atoms with Crippen molar-refractivity contribution in [3.05, 3.63) is 19.2 Å². The van der Waals surface area contributed by atoms with Crippen molar-refractivity contribution < 1.29 is 9.59 Å². The highest BCUT2D eigenvalue weighted by molar-refractivity contribution is 9.12. The minimum Gasteiger partial charge on any atom is -0.303 e. The van der Waals surface area contributed by atoms with E-state index < -0.39 is 0 Å². The molecule has 5 heteroatoms. The van der Waals surface area contributed by atoms with E-state index in [0.717, 1.165) is 19.4 Å². The van der Waals surface area contributed by atoms with Crippen LogP contribution < -0.4 is 0 Å². The smallest absolute Gasteiger partial charge is 0.137 e. The summed E-state index contributed by atoms with van der Waals surface area (Å²) in [7, 11) is 0. The number of ketones is 1. The monoisotopic (exact) mass is 338 g/mol. The maximum Gasteiger partial charge on any atom is 0.137 e. The molecule has 0 aliphatic carbocycles. The number of carbonyl (C=O) groups excluding carboxylic acids is 2. The average Bonchev–Trinajstić information content (AvgIpc) is 2.42. The Kier molecular flexibility index (Phi) is 4.98. The largest absolute Gasteiger partial charge is 0.303 e. The van der Waals surface area contributed by atoms with Gasteiger partial charge in [0.15, 0.2) is 0 Å². The molecule has 0 aliphatic heterocycles. The number of aldehydes is 1. The lowest BCUT2D eigenvalue weighted by Gasteiger charge is -1.96. The number of hydrogen-bond donors (Lipinski definition) is 0. The molecule has 0 aliphatic rings. The maximum atomic E-state index is 11.3. The van der Waals surface area contributed by atoms with E-state index in [1.807, 2.05) is 6.07 Å². The van der Waals surface area contributed by atoms with Crippen LogP contribution in [0.5, 0.6) is 0 Å². The summed E-state index contributed by atoms with van der Waals surface area (Å²) < 4.78 is 1.98. The van der Waals surface area contributed by atoms with E-state index in [2.05, 4.69) is 31.9 Å². The number of rotatable bonds is 5.